The van der Waals surface area contributed by atoms with E-state index in [1.54, 1.807) is 11.8 Å². The molecule has 1 atom stereocenters. The van der Waals surface area contributed by atoms with E-state index in [9.17, 15) is 4.79 Å². The van der Waals surface area contributed by atoms with E-state index in [2.05, 4.69) is 50.4 Å². The molecular weight excluding hydrogens is 290 g/mol. The number of hydrogen-bond donors (Lipinski definition) is 1. The van der Waals surface area contributed by atoms with Gasteiger partial charge in [0.2, 0.25) is 0 Å². The van der Waals surface area contributed by atoms with Gasteiger partial charge in [-0.2, -0.15) is 0 Å². The zero-order chi connectivity index (χ0) is 16.1. The van der Waals surface area contributed by atoms with Gasteiger partial charge in [-0.3, -0.25) is 4.79 Å². The summed E-state index contributed by atoms with van der Waals surface area (Å²) >= 11 is 1.72. The zero-order valence-corrected chi connectivity index (χ0v) is 14.4. The van der Waals surface area contributed by atoms with E-state index in [-0.39, 0.29) is 11.9 Å². The van der Waals surface area contributed by atoms with Crippen LogP contribution in [0, 0.1) is 6.92 Å². The fraction of sp³-hybridized carbons (Fsp3) is 0.316. The molecule has 0 heterocycles. The van der Waals surface area contributed by atoms with Crippen LogP contribution >= 0.6 is 11.8 Å². The van der Waals surface area contributed by atoms with Gasteiger partial charge in [-0.05, 0) is 31.5 Å². The van der Waals surface area contributed by atoms with Crippen molar-refractivity contribution in [1.82, 2.24) is 5.32 Å². The van der Waals surface area contributed by atoms with E-state index in [1.807, 2.05) is 31.2 Å². The minimum Gasteiger partial charge on any atom is -0.345 e. The molecule has 0 saturated heterocycles. The first-order valence-corrected chi connectivity index (χ1v) is 8.48. The lowest BCUT2D eigenvalue weighted by Crippen LogP contribution is -2.27. The predicted octanol–water partition coefficient (Wildman–Crippen LogP) is 4.99. The van der Waals surface area contributed by atoms with Gasteiger partial charge in [0.1, 0.15) is 0 Å². The van der Waals surface area contributed by atoms with Gasteiger partial charge >= 0.3 is 0 Å². The number of benzene rings is 2. The summed E-state index contributed by atoms with van der Waals surface area (Å²) in [5.74, 6) is -0.0168. The Hall–Kier alpha value is -1.74. The standard InChI is InChI=1S/C19H23NOS/c1-13(2)22-18-8-6-5-7-17(18)19(21)20-15(4)16-11-9-14(3)10-12-16/h5-13,15H,1-4H3,(H,20,21)/t15-/m1/s1. The molecule has 2 nitrogen and oxygen atoms in total. The molecule has 0 saturated carbocycles. The maximum atomic E-state index is 12.6. The molecule has 0 aliphatic heterocycles. The largest absolute Gasteiger partial charge is 0.345 e. The molecule has 0 bridgehead atoms. The maximum absolute atomic E-state index is 12.6. The van der Waals surface area contributed by atoms with E-state index >= 15 is 0 Å². The summed E-state index contributed by atoms with van der Waals surface area (Å²) < 4.78 is 0. The average molecular weight is 313 g/mol. The van der Waals surface area contributed by atoms with Crippen molar-refractivity contribution in [3.8, 4) is 0 Å². The highest BCUT2D eigenvalue weighted by atomic mass is 32.2. The molecule has 0 aliphatic carbocycles. The molecule has 0 unspecified atom stereocenters. The number of nitrogens with one attached hydrogen (secondary N) is 1. The Labute approximate surface area is 137 Å². The summed E-state index contributed by atoms with van der Waals surface area (Å²) in [7, 11) is 0. The van der Waals surface area contributed by atoms with Crippen LogP contribution < -0.4 is 5.32 Å². The lowest BCUT2D eigenvalue weighted by Gasteiger charge is -2.16. The number of rotatable bonds is 5. The van der Waals surface area contributed by atoms with Crippen LogP contribution in [0.2, 0.25) is 0 Å². The van der Waals surface area contributed by atoms with Gasteiger partial charge in [0.25, 0.3) is 5.91 Å². The number of aryl methyl sites for hydroxylation is 1. The number of carbonyl (C=O) groups is 1. The van der Waals surface area contributed by atoms with Crippen LogP contribution in [0.25, 0.3) is 0 Å². The fourth-order valence-electron chi connectivity index (χ4n) is 2.22. The van der Waals surface area contributed by atoms with Crippen LogP contribution in [-0.4, -0.2) is 11.2 Å². The molecule has 0 fully saturated rings. The first-order chi connectivity index (χ1) is 10.5. The smallest absolute Gasteiger partial charge is 0.252 e. The summed E-state index contributed by atoms with van der Waals surface area (Å²) in [4.78, 5) is 13.6. The van der Waals surface area contributed by atoms with Crippen LogP contribution in [0.3, 0.4) is 0 Å². The Balaban J connectivity index is 2.13. The second-order valence-corrected chi connectivity index (χ2v) is 7.39. The summed E-state index contributed by atoms with van der Waals surface area (Å²) in [5, 5.41) is 3.54. The Morgan fingerprint density at radius 1 is 1.00 bits per heavy atom. The molecule has 0 spiro atoms. The number of amides is 1. The highest BCUT2D eigenvalue weighted by Crippen LogP contribution is 2.27. The van der Waals surface area contributed by atoms with Gasteiger partial charge in [-0.15, -0.1) is 11.8 Å². The third kappa shape index (κ3) is 4.38. The molecule has 0 radical (unpaired) electrons. The molecule has 3 heteroatoms. The number of carbonyl (C=O) groups excluding carboxylic acids is 1. The molecule has 2 rings (SSSR count). The van der Waals surface area contributed by atoms with Gasteiger partial charge in [-0.1, -0.05) is 55.8 Å². The maximum Gasteiger partial charge on any atom is 0.252 e. The molecular formula is C19H23NOS. The molecule has 22 heavy (non-hydrogen) atoms. The summed E-state index contributed by atoms with van der Waals surface area (Å²) in [5.41, 5.74) is 3.09. The van der Waals surface area contributed by atoms with Crippen LogP contribution in [0.4, 0.5) is 0 Å². The van der Waals surface area contributed by atoms with Crippen molar-refractivity contribution in [3.63, 3.8) is 0 Å². The van der Waals surface area contributed by atoms with E-state index in [0.717, 1.165) is 16.0 Å². The predicted molar refractivity (Wildman–Crippen MR) is 94.5 cm³/mol. The van der Waals surface area contributed by atoms with Crippen molar-refractivity contribution in [2.45, 2.75) is 43.9 Å². The normalized spacial score (nSPS) is 12.2. The molecule has 2 aromatic carbocycles. The van der Waals surface area contributed by atoms with Crippen molar-refractivity contribution in [1.29, 1.82) is 0 Å². The van der Waals surface area contributed by atoms with Crippen molar-refractivity contribution in [2.24, 2.45) is 0 Å². The van der Waals surface area contributed by atoms with Crippen LogP contribution in [0.5, 0.6) is 0 Å². The topological polar surface area (TPSA) is 29.1 Å². The molecule has 0 aromatic heterocycles. The highest BCUT2D eigenvalue weighted by molar-refractivity contribution is 8.00. The Kier molecular flexibility index (Phi) is 5.67. The summed E-state index contributed by atoms with van der Waals surface area (Å²) in [6.45, 7) is 8.34. The molecule has 2 aromatic rings. The lowest BCUT2D eigenvalue weighted by molar-refractivity contribution is 0.0937. The van der Waals surface area contributed by atoms with Gasteiger partial charge in [-0.25, -0.2) is 0 Å². The third-order valence-corrected chi connectivity index (χ3v) is 4.50. The Morgan fingerprint density at radius 2 is 1.64 bits per heavy atom. The SMILES string of the molecule is Cc1ccc([C@@H](C)NC(=O)c2ccccc2SC(C)C)cc1. The van der Waals surface area contributed by atoms with Crippen molar-refractivity contribution < 1.29 is 4.79 Å². The average Bonchev–Trinajstić information content (AvgIpc) is 2.47. The monoisotopic (exact) mass is 313 g/mol. The van der Waals surface area contributed by atoms with Crippen LogP contribution in [0.15, 0.2) is 53.4 Å². The molecule has 0 aliphatic rings. The number of thioether (sulfide) groups is 1. The third-order valence-electron chi connectivity index (χ3n) is 3.42. The summed E-state index contributed by atoms with van der Waals surface area (Å²) in [6, 6.07) is 16.1. The minimum atomic E-state index is -0.0168. The first-order valence-electron chi connectivity index (χ1n) is 7.60. The van der Waals surface area contributed by atoms with E-state index < -0.39 is 0 Å². The second-order valence-electron chi connectivity index (χ2n) is 5.77. The van der Waals surface area contributed by atoms with Crippen molar-refractivity contribution >= 4 is 17.7 Å². The zero-order valence-electron chi connectivity index (χ0n) is 13.6. The van der Waals surface area contributed by atoms with Crippen LogP contribution in [0.1, 0.15) is 48.3 Å². The Bertz CT molecular complexity index is 634. The minimum absolute atomic E-state index is 0.00907. The van der Waals surface area contributed by atoms with Gasteiger partial charge in [0.05, 0.1) is 11.6 Å². The van der Waals surface area contributed by atoms with Crippen molar-refractivity contribution in [2.75, 3.05) is 0 Å². The number of hydrogen-bond acceptors (Lipinski definition) is 2. The van der Waals surface area contributed by atoms with E-state index in [1.165, 1.54) is 5.56 Å². The highest BCUT2D eigenvalue weighted by Gasteiger charge is 2.15. The van der Waals surface area contributed by atoms with E-state index in [4.69, 9.17) is 0 Å². The van der Waals surface area contributed by atoms with Crippen molar-refractivity contribution in [3.05, 3.63) is 65.2 Å². The Morgan fingerprint density at radius 3 is 2.27 bits per heavy atom. The molecule has 116 valence electrons. The molecule has 1 N–H and O–H groups in total. The lowest BCUT2D eigenvalue weighted by atomic mass is 10.1. The second kappa shape index (κ2) is 7.50. The van der Waals surface area contributed by atoms with Gasteiger partial charge in [0.15, 0.2) is 0 Å². The summed E-state index contributed by atoms with van der Waals surface area (Å²) in [6.07, 6.45) is 0. The fourth-order valence-corrected chi connectivity index (χ4v) is 3.18. The quantitative estimate of drug-likeness (QED) is 0.788. The van der Waals surface area contributed by atoms with Gasteiger partial charge in [0, 0.05) is 10.1 Å². The molecule has 1 amide bonds. The van der Waals surface area contributed by atoms with Crippen LogP contribution in [-0.2, 0) is 0 Å². The van der Waals surface area contributed by atoms with E-state index in [0.29, 0.717) is 5.25 Å². The first kappa shape index (κ1) is 16.6. The van der Waals surface area contributed by atoms with Gasteiger partial charge < -0.3 is 5.32 Å².